The quantitative estimate of drug-likeness (QED) is 0.379. The zero-order valence-electron chi connectivity index (χ0n) is 6.87. The van der Waals surface area contributed by atoms with Crippen LogP contribution in [0.2, 0.25) is 0 Å². The number of nitrogens with zero attached hydrogens (tertiary/aromatic N) is 1. The standard InChI is InChI=1S/C6H3NO3.K.H/c1-2-4-3-5(6(8)9)7-10-4;;/h1,3H,(H,8,9);;/q;+1;-1. The molecule has 0 saturated heterocycles. The third kappa shape index (κ3) is 2.77. The minimum Gasteiger partial charge on any atom is -1.00 e. The van der Waals surface area contributed by atoms with Gasteiger partial charge in [-0.3, -0.25) is 0 Å². The number of aromatic nitrogens is 1. The summed E-state index contributed by atoms with van der Waals surface area (Å²) >= 11 is 0. The van der Waals surface area contributed by atoms with E-state index < -0.39 is 5.97 Å². The van der Waals surface area contributed by atoms with Gasteiger partial charge in [0.15, 0.2) is 5.69 Å². The topological polar surface area (TPSA) is 63.3 Å². The zero-order valence-corrected chi connectivity index (χ0v) is 8.99. The van der Waals surface area contributed by atoms with E-state index in [4.69, 9.17) is 11.5 Å². The molecule has 0 radical (unpaired) electrons. The fraction of sp³-hybridized carbons (Fsp3) is 0. The maximum absolute atomic E-state index is 10.1. The average Bonchev–Trinajstić information content (AvgIpc) is 2.34. The van der Waals surface area contributed by atoms with E-state index in [9.17, 15) is 4.79 Å². The van der Waals surface area contributed by atoms with Gasteiger partial charge in [-0.15, -0.1) is 6.42 Å². The van der Waals surface area contributed by atoms with Crippen LogP contribution >= 0.6 is 0 Å². The van der Waals surface area contributed by atoms with Crippen LogP contribution in [-0.2, 0) is 0 Å². The Labute approximate surface area is 107 Å². The van der Waals surface area contributed by atoms with Gasteiger partial charge in [0.2, 0.25) is 5.76 Å². The van der Waals surface area contributed by atoms with Crippen molar-refractivity contribution in [3.05, 3.63) is 17.5 Å². The van der Waals surface area contributed by atoms with E-state index in [1.807, 2.05) is 0 Å². The molecule has 1 aromatic rings. The second-order valence-corrected chi connectivity index (χ2v) is 1.53. The second-order valence-electron chi connectivity index (χ2n) is 1.53. The van der Waals surface area contributed by atoms with Gasteiger partial charge < -0.3 is 11.1 Å². The Morgan fingerprint density at radius 2 is 2.55 bits per heavy atom. The summed E-state index contributed by atoms with van der Waals surface area (Å²) in [5.41, 5.74) is -0.173. The molecule has 52 valence electrons. The van der Waals surface area contributed by atoms with Crippen molar-refractivity contribution < 1.29 is 67.2 Å². The van der Waals surface area contributed by atoms with E-state index in [1.165, 1.54) is 6.07 Å². The number of hydrogen-bond donors (Lipinski definition) is 1. The molecule has 0 aliphatic carbocycles. The largest absolute Gasteiger partial charge is 1.00 e. The molecule has 1 heterocycles. The predicted octanol–water partition coefficient (Wildman–Crippen LogP) is -2.53. The van der Waals surface area contributed by atoms with Gasteiger partial charge >= 0.3 is 57.4 Å². The van der Waals surface area contributed by atoms with Crippen LogP contribution in [0.1, 0.15) is 17.7 Å². The Morgan fingerprint density at radius 1 is 1.91 bits per heavy atom. The first-order valence-electron chi connectivity index (χ1n) is 2.40. The smallest absolute Gasteiger partial charge is 1.00 e. The molecule has 11 heavy (non-hydrogen) atoms. The van der Waals surface area contributed by atoms with Crippen LogP contribution < -0.4 is 51.4 Å². The van der Waals surface area contributed by atoms with E-state index in [0.717, 1.165) is 0 Å². The summed E-state index contributed by atoms with van der Waals surface area (Å²) in [6, 6.07) is 1.18. The summed E-state index contributed by atoms with van der Waals surface area (Å²) in [5, 5.41) is 11.5. The van der Waals surface area contributed by atoms with Crippen LogP contribution in [0.25, 0.3) is 0 Å². The monoisotopic (exact) mass is 177 g/mol. The van der Waals surface area contributed by atoms with Gasteiger partial charge in [0.1, 0.15) is 0 Å². The Kier molecular flexibility index (Phi) is 4.64. The number of carboxylic acids is 1. The van der Waals surface area contributed by atoms with E-state index in [-0.39, 0.29) is 64.3 Å². The molecular weight excluding hydrogens is 173 g/mol. The van der Waals surface area contributed by atoms with Crippen molar-refractivity contribution in [1.82, 2.24) is 5.16 Å². The Bertz CT molecular complexity index is 304. The van der Waals surface area contributed by atoms with E-state index in [1.54, 1.807) is 0 Å². The third-order valence-electron chi connectivity index (χ3n) is 0.872. The molecule has 0 aliphatic rings. The van der Waals surface area contributed by atoms with E-state index >= 15 is 0 Å². The number of carbonyl (C=O) groups is 1. The predicted molar refractivity (Wildman–Crippen MR) is 32.5 cm³/mol. The van der Waals surface area contributed by atoms with Crippen molar-refractivity contribution in [3.63, 3.8) is 0 Å². The minimum absolute atomic E-state index is 0. The third-order valence-corrected chi connectivity index (χ3v) is 0.872. The SMILES string of the molecule is C#Cc1cc(C(=O)O)no1.[H-].[K+]. The van der Waals surface area contributed by atoms with Crippen molar-refractivity contribution >= 4 is 5.97 Å². The Morgan fingerprint density at radius 3 is 2.82 bits per heavy atom. The molecule has 0 amide bonds. The first-order valence-corrected chi connectivity index (χ1v) is 2.40. The average molecular weight is 177 g/mol. The van der Waals surface area contributed by atoms with Crippen LogP contribution in [0.15, 0.2) is 10.6 Å². The van der Waals surface area contributed by atoms with Gasteiger partial charge in [-0.2, -0.15) is 0 Å². The van der Waals surface area contributed by atoms with E-state index in [2.05, 4.69) is 15.6 Å². The first-order chi connectivity index (χ1) is 4.74. The van der Waals surface area contributed by atoms with Crippen molar-refractivity contribution in [2.75, 3.05) is 0 Å². The molecule has 0 bridgehead atoms. The van der Waals surface area contributed by atoms with Crippen LogP contribution in [0.3, 0.4) is 0 Å². The molecule has 1 N–H and O–H groups in total. The van der Waals surface area contributed by atoms with Crippen LogP contribution in [0.5, 0.6) is 0 Å². The van der Waals surface area contributed by atoms with Crippen molar-refractivity contribution in [2.45, 2.75) is 0 Å². The molecule has 5 heteroatoms. The van der Waals surface area contributed by atoms with Gasteiger partial charge in [-0.1, -0.05) is 5.16 Å². The Hall–Kier alpha value is -0.124. The number of hydrogen-bond acceptors (Lipinski definition) is 3. The van der Waals surface area contributed by atoms with Gasteiger partial charge in [0.05, 0.1) is 0 Å². The molecule has 0 aliphatic heterocycles. The molecule has 1 aromatic heterocycles. The number of rotatable bonds is 1. The zero-order chi connectivity index (χ0) is 7.56. The number of aromatic carboxylic acids is 1. The summed E-state index contributed by atoms with van der Waals surface area (Å²) in [7, 11) is 0. The fourth-order valence-corrected chi connectivity index (χ4v) is 0.444. The van der Waals surface area contributed by atoms with Crippen molar-refractivity contribution in [3.8, 4) is 12.3 Å². The summed E-state index contributed by atoms with van der Waals surface area (Å²) in [6.07, 6.45) is 4.89. The van der Waals surface area contributed by atoms with Gasteiger partial charge in [0.25, 0.3) is 0 Å². The summed E-state index contributed by atoms with van der Waals surface area (Å²) in [4.78, 5) is 10.1. The fourth-order valence-electron chi connectivity index (χ4n) is 0.444. The molecule has 1 rings (SSSR count). The van der Waals surface area contributed by atoms with Crippen LogP contribution in [0.4, 0.5) is 0 Å². The summed E-state index contributed by atoms with van der Waals surface area (Å²) < 4.78 is 4.41. The summed E-state index contributed by atoms with van der Waals surface area (Å²) in [6.45, 7) is 0. The Balaban J connectivity index is 0. The number of terminal acetylenes is 1. The molecular formula is C6H4KNO3. The maximum atomic E-state index is 10.1. The molecule has 0 aromatic carbocycles. The van der Waals surface area contributed by atoms with Gasteiger partial charge in [0, 0.05) is 6.07 Å². The molecule has 0 fully saturated rings. The van der Waals surface area contributed by atoms with E-state index in [0.29, 0.717) is 0 Å². The van der Waals surface area contributed by atoms with Crippen molar-refractivity contribution in [2.24, 2.45) is 0 Å². The van der Waals surface area contributed by atoms with Crippen molar-refractivity contribution in [1.29, 1.82) is 0 Å². The van der Waals surface area contributed by atoms with Crippen LogP contribution in [-0.4, -0.2) is 16.2 Å². The van der Waals surface area contributed by atoms with Crippen LogP contribution in [0, 0.1) is 12.3 Å². The first kappa shape index (κ1) is 10.9. The summed E-state index contributed by atoms with van der Waals surface area (Å²) in [5.74, 6) is 1.08. The molecule has 4 nitrogen and oxygen atoms in total. The molecule has 0 unspecified atom stereocenters. The maximum Gasteiger partial charge on any atom is 1.00 e. The second kappa shape index (κ2) is 4.69. The van der Waals surface area contributed by atoms with Gasteiger partial charge in [-0.05, 0) is 5.92 Å². The normalized spacial score (nSPS) is 7.91. The molecule has 0 saturated carbocycles. The minimum atomic E-state index is -1.15. The molecule has 0 atom stereocenters. The van der Waals surface area contributed by atoms with Gasteiger partial charge in [-0.25, -0.2) is 4.79 Å². The number of carboxylic acid groups (broad SMARTS) is 1. The molecule has 0 spiro atoms.